The number of furan rings is 1. The van der Waals surface area contributed by atoms with Crippen molar-refractivity contribution in [3.63, 3.8) is 0 Å². The number of rotatable bonds is 3. The van der Waals surface area contributed by atoms with Crippen LogP contribution in [-0.4, -0.2) is 7.05 Å². The number of nitrogens with one attached hydrogen (secondary N) is 1. The Kier molecular flexibility index (Phi) is 3.45. The maximum absolute atomic E-state index is 13.7. The monoisotopic (exact) mass is 257 g/mol. The summed E-state index contributed by atoms with van der Waals surface area (Å²) in [6.45, 7) is 0. The largest absolute Gasteiger partial charge is 0.472 e. The van der Waals surface area contributed by atoms with E-state index in [1.165, 1.54) is 12.5 Å². The Morgan fingerprint density at radius 1 is 1.29 bits per heavy atom. The number of hydrogen-bond acceptors (Lipinski definition) is 2. The van der Waals surface area contributed by atoms with Gasteiger partial charge in [0.1, 0.15) is 11.6 Å². The molecule has 0 saturated carbocycles. The molecule has 0 fully saturated rings. The van der Waals surface area contributed by atoms with Gasteiger partial charge in [0.25, 0.3) is 0 Å². The van der Waals surface area contributed by atoms with Gasteiger partial charge in [0.15, 0.2) is 0 Å². The molecule has 0 aliphatic rings. The molecule has 90 valence electrons. The van der Waals surface area contributed by atoms with Gasteiger partial charge < -0.3 is 9.73 Å². The van der Waals surface area contributed by atoms with E-state index >= 15 is 0 Å². The smallest absolute Gasteiger partial charge is 0.142 e. The van der Waals surface area contributed by atoms with Crippen molar-refractivity contribution < 1.29 is 13.2 Å². The van der Waals surface area contributed by atoms with Crippen LogP contribution in [0.25, 0.3) is 0 Å². The second-order valence-electron chi connectivity index (χ2n) is 3.57. The number of halogens is 3. The summed E-state index contributed by atoms with van der Waals surface area (Å²) >= 11 is 5.50. The van der Waals surface area contributed by atoms with Crippen LogP contribution in [0.5, 0.6) is 0 Å². The van der Waals surface area contributed by atoms with Crippen LogP contribution in [0.15, 0.2) is 35.1 Å². The van der Waals surface area contributed by atoms with Gasteiger partial charge in [-0.1, -0.05) is 11.6 Å². The van der Waals surface area contributed by atoms with E-state index in [-0.39, 0.29) is 10.6 Å². The van der Waals surface area contributed by atoms with E-state index in [1.807, 2.05) is 0 Å². The second-order valence-corrected chi connectivity index (χ2v) is 3.97. The quantitative estimate of drug-likeness (QED) is 0.851. The molecule has 1 unspecified atom stereocenters. The number of hydrogen-bond donors (Lipinski definition) is 1. The van der Waals surface area contributed by atoms with Gasteiger partial charge in [0.05, 0.1) is 23.6 Å². The summed E-state index contributed by atoms with van der Waals surface area (Å²) in [6, 6.07) is 3.27. The van der Waals surface area contributed by atoms with Crippen molar-refractivity contribution in [1.29, 1.82) is 0 Å². The first-order valence-corrected chi connectivity index (χ1v) is 5.35. The normalized spacial score (nSPS) is 12.7. The Morgan fingerprint density at radius 3 is 2.65 bits per heavy atom. The highest BCUT2D eigenvalue weighted by molar-refractivity contribution is 6.30. The number of benzene rings is 1. The minimum absolute atomic E-state index is 0.191. The van der Waals surface area contributed by atoms with Crippen LogP contribution in [0.1, 0.15) is 17.2 Å². The Hall–Kier alpha value is -1.39. The molecular weight excluding hydrogens is 248 g/mol. The van der Waals surface area contributed by atoms with Crippen molar-refractivity contribution in [3.8, 4) is 0 Å². The van der Waals surface area contributed by atoms with Crippen LogP contribution in [0.3, 0.4) is 0 Å². The summed E-state index contributed by atoms with van der Waals surface area (Å²) in [6.07, 6.45) is 2.96. The fourth-order valence-corrected chi connectivity index (χ4v) is 1.85. The lowest BCUT2D eigenvalue weighted by Crippen LogP contribution is -2.18. The Morgan fingerprint density at radius 2 is 2.06 bits per heavy atom. The van der Waals surface area contributed by atoms with Crippen LogP contribution in [0, 0.1) is 11.6 Å². The van der Waals surface area contributed by atoms with E-state index in [1.54, 1.807) is 13.1 Å². The van der Waals surface area contributed by atoms with E-state index in [9.17, 15) is 8.78 Å². The Bertz CT molecular complexity index is 513. The Balaban J connectivity index is 2.48. The van der Waals surface area contributed by atoms with E-state index in [0.29, 0.717) is 5.56 Å². The lowest BCUT2D eigenvalue weighted by atomic mass is 10.0. The van der Waals surface area contributed by atoms with E-state index in [0.717, 1.165) is 12.1 Å². The zero-order valence-electron chi connectivity index (χ0n) is 9.01. The fourth-order valence-electron chi connectivity index (χ4n) is 1.70. The highest BCUT2D eigenvalue weighted by Crippen LogP contribution is 2.28. The van der Waals surface area contributed by atoms with Gasteiger partial charge in [-0.05, 0) is 25.2 Å². The highest BCUT2D eigenvalue weighted by atomic mass is 35.5. The minimum Gasteiger partial charge on any atom is -0.472 e. The zero-order chi connectivity index (χ0) is 12.4. The van der Waals surface area contributed by atoms with Crippen LogP contribution in [0.4, 0.5) is 8.78 Å². The molecule has 1 N–H and O–H groups in total. The maximum Gasteiger partial charge on any atom is 0.142 e. The fraction of sp³-hybridized carbons (Fsp3) is 0.167. The predicted octanol–water partition coefficient (Wildman–Crippen LogP) is 3.52. The van der Waals surface area contributed by atoms with Crippen molar-refractivity contribution in [1.82, 2.24) is 5.32 Å². The summed E-state index contributed by atoms with van der Waals surface area (Å²) in [5.41, 5.74) is 0.906. The zero-order valence-corrected chi connectivity index (χ0v) is 9.76. The lowest BCUT2D eigenvalue weighted by molar-refractivity contribution is 0.542. The van der Waals surface area contributed by atoms with Crippen LogP contribution >= 0.6 is 11.6 Å². The summed E-state index contributed by atoms with van der Waals surface area (Å²) in [4.78, 5) is 0. The standard InChI is InChI=1S/C12H10ClF2NO/c1-16-12(7-2-3-17-6-7)8-4-11(15)9(13)5-10(8)14/h2-6,12,16H,1H3. The van der Waals surface area contributed by atoms with Crippen molar-refractivity contribution >= 4 is 11.6 Å². The van der Waals surface area contributed by atoms with Crippen LogP contribution in [-0.2, 0) is 0 Å². The molecule has 0 spiro atoms. The van der Waals surface area contributed by atoms with Gasteiger partial charge in [0.2, 0.25) is 0 Å². The maximum atomic E-state index is 13.7. The summed E-state index contributed by atoms with van der Waals surface area (Å²) in [5, 5.41) is 2.67. The van der Waals surface area contributed by atoms with E-state index in [2.05, 4.69) is 5.32 Å². The molecule has 2 rings (SSSR count). The molecule has 17 heavy (non-hydrogen) atoms. The van der Waals surface area contributed by atoms with Gasteiger partial charge in [-0.3, -0.25) is 0 Å². The van der Waals surface area contributed by atoms with Gasteiger partial charge in [0, 0.05) is 11.1 Å². The van der Waals surface area contributed by atoms with Crippen LogP contribution in [0.2, 0.25) is 5.02 Å². The third-order valence-electron chi connectivity index (χ3n) is 2.52. The molecule has 2 nitrogen and oxygen atoms in total. The van der Waals surface area contributed by atoms with Crippen molar-refractivity contribution in [3.05, 3.63) is 58.5 Å². The van der Waals surface area contributed by atoms with Gasteiger partial charge >= 0.3 is 0 Å². The molecule has 1 aromatic carbocycles. The summed E-state index contributed by atoms with van der Waals surface area (Å²) < 4.78 is 32.0. The first kappa shape index (κ1) is 12.1. The molecule has 0 bridgehead atoms. The Labute approximate surface area is 102 Å². The topological polar surface area (TPSA) is 25.2 Å². The van der Waals surface area contributed by atoms with Gasteiger partial charge in [-0.2, -0.15) is 0 Å². The molecule has 0 aliphatic heterocycles. The molecule has 1 atom stereocenters. The van der Waals surface area contributed by atoms with Crippen molar-refractivity contribution in [2.24, 2.45) is 0 Å². The first-order valence-electron chi connectivity index (χ1n) is 4.97. The summed E-state index contributed by atoms with van der Waals surface area (Å²) in [7, 11) is 1.66. The second kappa shape index (κ2) is 4.85. The molecule has 1 aromatic heterocycles. The van der Waals surface area contributed by atoms with Crippen molar-refractivity contribution in [2.45, 2.75) is 6.04 Å². The molecule has 5 heteroatoms. The molecular formula is C12H10ClF2NO. The van der Waals surface area contributed by atoms with E-state index < -0.39 is 17.7 Å². The average Bonchev–Trinajstić information content (AvgIpc) is 2.80. The van der Waals surface area contributed by atoms with Gasteiger partial charge in [-0.25, -0.2) is 8.78 Å². The third-order valence-corrected chi connectivity index (χ3v) is 2.81. The molecule has 2 aromatic rings. The minimum atomic E-state index is -0.646. The van der Waals surface area contributed by atoms with Gasteiger partial charge in [-0.15, -0.1) is 0 Å². The molecule has 0 radical (unpaired) electrons. The van der Waals surface area contributed by atoms with E-state index in [4.69, 9.17) is 16.0 Å². The SMILES string of the molecule is CNC(c1ccoc1)c1cc(F)c(Cl)cc1F. The van der Waals surface area contributed by atoms with Crippen molar-refractivity contribution in [2.75, 3.05) is 7.05 Å². The molecule has 0 amide bonds. The molecule has 0 saturated heterocycles. The van der Waals surface area contributed by atoms with Crippen LogP contribution < -0.4 is 5.32 Å². The first-order chi connectivity index (χ1) is 8.13. The lowest BCUT2D eigenvalue weighted by Gasteiger charge is -2.16. The average molecular weight is 258 g/mol. The summed E-state index contributed by atoms with van der Waals surface area (Å²) in [5.74, 6) is -1.20. The predicted molar refractivity (Wildman–Crippen MR) is 61.0 cm³/mol. The highest BCUT2D eigenvalue weighted by Gasteiger charge is 2.19. The molecule has 0 aliphatic carbocycles. The molecule has 1 heterocycles. The third kappa shape index (κ3) is 2.33.